The third-order valence-electron chi connectivity index (χ3n) is 7.76. The lowest BCUT2D eigenvalue weighted by Gasteiger charge is -2.36. The fourth-order valence-electron chi connectivity index (χ4n) is 5.56. The second-order valence-corrected chi connectivity index (χ2v) is 10.0. The summed E-state index contributed by atoms with van der Waals surface area (Å²) in [7, 11) is 4.72. The number of rotatable bonds is 12. The van der Waals surface area contributed by atoms with Crippen LogP contribution in [-0.2, 0) is 9.53 Å². The van der Waals surface area contributed by atoms with Crippen molar-refractivity contribution in [3.05, 3.63) is 23.3 Å². The van der Waals surface area contributed by atoms with Crippen LogP contribution in [-0.4, -0.2) is 86.1 Å². The molecule has 9 heteroatoms. The van der Waals surface area contributed by atoms with Crippen LogP contribution < -0.4 is 9.47 Å². The monoisotopic (exact) mass is 501 g/mol. The van der Waals surface area contributed by atoms with E-state index < -0.39 is 0 Å². The van der Waals surface area contributed by atoms with E-state index in [1.54, 1.807) is 32.2 Å². The van der Waals surface area contributed by atoms with Crippen LogP contribution in [0.3, 0.4) is 0 Å². The molecular weight excluding hydrogens is 462 g/mol. The zero-order chi connectivity index (χ0) is 25.7. The van der Waals surface area contributed by atoms with Crippen LogP contribution in [0, 0.1) is 0 Å². The number of benzene rings is 1. The highest BCUT2D eigenvalue weighted by Gasteiger charge is 2.38. The van der Waals surface area contributed by atoms with Gasteiger partial charge in [0.05, 0.1) is 14.2 Å². The van der Waals surface area contributed by atoms with Crippen molar-refractivity contribution in [3.8, 4) is 11.5 Å². The summed E-state index contributed by atoms with van der Waals surface area (Å²) in [6, 6.07) is 3.65. The molecule has 0 N–H and O–H groups in total. The molecule has 1 aromatic carbocycles. The van der Waals surface area contributed by atoms with E-state index in [1.165, 1.54) is 30.6 Å². The lowest BCUT2D eigenvalue weighted by atomic mass is 9.98. The molecule has 0 spiro atoms. The number of likely N-dealkylation sites (N-methyl/N-ethyl adjacent to an activating group) is 1. The van der Waals surface area contributed by atoms with Crippen LogP contribution in [0.4, 0.5) is 4.79 Å². The van der Waals surface area contributed by atoms with Crippen LogP contribution in [0.2, 0.25) is 0 Å². The number of carbonyl (C=O) groups is 3. The van der Waals surface area contributed by atoms with Gasteiger partial charge in [0.25, 0.3) is 0 Å². The fraction of sp³-hybridized carbons (Fsp3) is 0.667. The van der Waals surface area contributed by atoms with Gasteiger partial charge in [0, 0.05) is 37.8 Å². The number of nitrogens with zero attached hydrogens (tertiary/aromatic N) is 3. The van der Waals surface area contributed by atoms with Gasteiger partial charge in [0.15, 0.2) is 0 Å². The summed E-state index contributed by atoms with van der Waals surface area (Å²) in [6.07, 6.45) is 9.37. The highest BCUT2D eigenvalue weighted by molar-refractivity contribution is 6.01. The second-order valence-electron chi connectivity index (χ2n) is 10.0. The van der Waals surface area contributed by atoms with Crippen molar-refractivity contribution in [3.63, 3.8) is 0 Å². The number of piperidine rings is 1. The molecule has 1 aromatic rings. The minimum absolute atomic E-state index is 0.100. The Morgan fingerprint density at radius 3 is 2.28 bits per heavy atom. The number of imide groups is 1. The van der Waals surface area contributed by atoms with Gasteiger partial charge in [-0.2, -0.15) is 0 Å². The molecule has 0 aromatic heterocycles. The number of cyclic esters (lactones) is 1. The summed E-state index contributed by atoms with van der Waals surface area (Å²) in [4.78, 5) is 41.8. The van der Waals surface area contributed by atoms with Gasteiger partial charge in [-0.25, -0.2) is 9.59 Å². The normalized spacial score (nSPS) is 20.8. The fourth-order valence-corrected chi connectivity index (χ4v) is 5.56. The van der Waals surface area contributed by atoms with E-state index in [0.29, 0.717) is 17.1 Å². The third-order valence-corrected chi connectivity index (χ3v) is 7.76. The number of esters is 1. The van der Waals surface area contributed by atoms with E-state index in [1.807, 2.05) is 6.07 Å². The summed E-state index contributed by atoms with van der Waals surface area (Å²) >= 11 is 0. The van der Waals surface area contributed by atoms with Gasteiger partial charge in [-0.1, -0.05) is 25.7 Å². The standard InChI is InChI=1S/C27H39N3O6/c1-28-24(31)18-30(27(28)33)19-11-14-29(15-12-19)13-9-7-5-4-6-8-10-22-21-16-20(34-2)17-23(35-3)25(21)26(32)36-22/h16-17,19,22H,4-15,18H2,1-3H3/t22-/m1/s1. The van der Waals surface area contributed by atoms with Gasteiger partial charge in [0.1, 0.15) is 29.7 Å². The predicted octanol–water partition coefficient (Wildman–Crippen LogP) is 4.00. The number of unbranched alkanes of at least 4 members (excludes halogenated alkanes) is 5. The Bertz CT molecular complexity index is 959. The minimum Gasteiger partial charge on any atom is -0.497 e. The van der Waals surface area contributed by atoms with Crippen molar-refractivity contribution in [2.45, 2.75) is 69.9 Å². The van der Waals surface area contributed by atoms with Crippen molar-refractivity contribution in [2.75, 3.05) is 47.4 Å². The summed E-state index contributed by atoms with van der Waals surface area (Å²) in [5.41, 5.74) is 1.40. The summed E-state index contributed by atoms with van der Waals surface area (Å²) in [5, 5.41) is 0. The number of hydrogen-bond donors (Lipinski definition) is 0. The zero-order valence-corrected chi connectivity index (χ0v) is 21.8. The molecule has 3 aliphatic rings. The molecular formula is C27H39N3O6. The quantitative estimate of drug-likeness (QED) is 0.243. The Hall–Kier alpha value is -2.81. The number of likely N-dealkylation sites (tertiary alicyclic amines) is 1. The first-order chi connectivity index (χ1) is 17.4. The number of fused-ring (bicyclic) bond motifs is 1. The Morgan fingerprint density at radius 2 is 1.64 bits per heavy atom. The number of ether oxygens (including phenoxy) is 3. The van der Waals surface area contributed by atoms with Crippen molar-refractivity contribution in [1.29, 1.82) is 0 Å². The molecule has 0 unspecified atom stereocenters. The molecule has 3 aliphatic heterocycles. The molecule has 3 amide bonds. The lowest BCUT2D eigenvalue weighted by molar-refractivity contribution is -0.124. The van der Waals surface area contributed by atoms with Gasteiger partial charge in [-0.05, 0) is 44.7 Å². The first kappa shape index (κ1) is 26.3. The SMILES string of the molecule is COc1cc(OC)c2c(c1)[C@@H](CCCCCCCCN1CCC(N3CC(=O)N(C)C3=O)CC1)OC2=O. The topological polar surface area (TPSA) is 88.6 Å². The molecule has 1 atom stereocenters. The Balaban J connectivity index is 1.08. The van der Waals surface area contributed by atoms with Gasteiger partial charge in [-0.3, -0.25) is 9.69 Å². The maximum Gasteiger partial charge on any atom is 0.342 e. The molecule has 0 aliphatic carbocycles. The van der Waals surface area contributed by atoms with Gasteiger partial charge in [-0.15, -0.1) is 0 Å². The smallest absolute Gasteiger partial charge is 0.342 e. The average molecular weight is 502 g/mol. The highest BCUT2D eigenvalue weighted by Crippen LogP contribution is 2.41. The molecule has 2 fully saturated rings. The maximum atomic E-state index is 12.3. The van der Waals surface area contributed by atoms with E-state index in [4.69, 9.17) is 14.2 Å². The van der Waals surface area contributed by atoms with E-state index in [0.717, 1.165) is 57.3 Å². The minimum atomic E-state index is -0.314. The zero-order valence-electron chi connectivity index (χ0n) is 21.8. The van der Waals surface area contributed by atoms with Crippen LogP contribution in [0.5, 0.6) is 11.5 Å². The van der Waals surface area contributed by atoms with Crippen LogP contribution in [0.1, 0.15) is 79.8 Å². The molecule has 3 heterocycles. The first-order valence-corrected chi connectivity index (χ1v) is 13.2. The Kier molecular flexibility index (Phi) is 8.72. The largest absolute Gasteiger partial charge is 0.497 e. The number of urea groups is 1. The maximum absolute atomic E-state index is 12.3. The molecule has 198 valence electrons. The molecule has 0 radical (unpaired) electrons. The highest BCUT2D eigenvalue weighted by atomic mass is 16.6. The average Bonchev–Trinajstić information content (AvgIpc) is 3.35. The Morgan fingerprint density at radius 1 is 0.944 bits per heavy atom. The number of carbonyl (C=O) groups excluding carboxylic acids is 3. The number of amides is 3. The molecule has 36 heavy (non-hydrogen) atoms. The van der Waals surface area contributed by atoms with E-state index >= 15 is 0 Å². The van der Waals surface area contributed by atoms with Crippen molar-refractivity contribution < 1.29 is 28.6 Å². The summed E-state index contributed by atoms with van der Waals surface area (Å²) < 4.78 is 16.3. The summed E-state index contributed by atoms with van der Waals surface area (Å²) in [6.45, 7) is 3.31. The molecule has 2 saturated heterocycles. The van der Waals surface area contributed by atoms with E-state index in [2.05, 4.69) is 4.90 Å². The van der Waals surface area contributed by atoms with Gasteiger partial charge >= 0.3 is 12.0 Å². The van der Waals surface area contributed by atoms with Crippen LogP contribution >= 0.6 is 0 Å². The number of methoxy groups -OCH3 is 2. The van der Waals surface area contributed by atoms with E-state index in [-0.39, 0.29) is 36.6 Å². The molecule has 0 saturated carbocycles. The van der Waals surface area contributed by atoms with Crippen LogP contribution in [0.25, 0.3) is 0 Å². The third kappa shape index (κ3) is 5.77. The van der Waals surface area contributed by atoms with Gasteiger partial charge in [0.2, 0.25) is 5.91 Å². The van der Waals surface area contributed by atoms with Crippen molar-refractivity contribution >= 4 is 17.9 Å². The van der Waals surface area contributed by atoms with Crippen LogP contribution in [0.15, 0.2) is 12.1 Å². The first-order valence-electron chi connectivity index (χ1n) is 13.2. The Labute approximate surface area is 213 Å². The van der Waals surface area contributed by atoms with Gasteiger partial charge < -0.3 is 24.0 Å². The summed E-state index contributed by atoms with van der Waals surface area (Å²) in [5.74, 6) is 0.766. The number of hydrogen-bond acceptors (Lipinski definition) is 7. The van der Waals surface area contributed by atoms with Crippen molar-refractivity contribution in [2.24, 2.45) is 0 Å². The lowest BCUT2D eigenvalue weighted by Crippen LogP contribution is -2.46. The van der Waals surface area contributed by atoms with E-state index in [9.17, 15) is 14.4 Å². The van der Waals surface area contributed by atoms with Crippen molar-refractivity contribution in [1.82, 2.24) is 14.7 Å². The predicted molar refractivity (Wildman–Crippen MR) is 134 cm³/mol. The molecule has 0 bridgehead atoms. The molecule has 9 nitrogen and oxygen atoms in total. The second kappa shape index (κ2) is 12.0. The molecule has 4 rings (SSSR count).